The molecule has 2 N–H and O–H groups in total. The van der Waals surface area contributed by atoms with Crippen LogP contribution in [0.4, 0.5) is 10.1 Å². The van der Waals surface area contributed by atoms with E-state index in [1.807, 2.05) is 24.0 Å². The maximum Gasteiger partial charge on any atom is 0.191 e. The van der Waals surface area contributed by atoms with Gasteiger partial charge in [0.2, 0.25) is 0 Å². The first-order valence-electron chi connectivity index (χ1n) is 8.88. The Morgan fingerprint density at radius 2 is 2.08 bits per heavy atom. The molecule has 0 radical (unpaired) electrons. The van der Waals surface area contributed by atoms with Gasteiger partial charge < -0.3 is 25.0 Å². The number of guanidine groups is 1. The molecular formula is C18H30FIN4O2. The Morgan fingerprint density at radius 3 is 2.73 bits per heavy atom. The number of benzene rings is 1. The van der Waals surface area contributed by atoms with Gasteiger partial charge >= 0.3 is 0 Å². The molecule has 8 heteroatoms. The van der Waals surface area contributed by atoms with Gasteiger partial charge in [-0.25, -0.2) is 4.39 Å². The van der Waals surface area contributed by atoms with E-state index in [1.165, 1.54) is 0 Å². The molecule has 0 amide bonds. The number of nitrogens with zero attached hydrogens (tertiary/aromatic N) is 2. The van der Waals surface area contributed by atoms with E-state index in [1.54, 1.807) is 13.1 Å². The van der Waals surface area contributed by atoms with Gasteiger partial charge in [0.25, 0.3) is 0 Å². The van der Waals surface area contributed by atoms with Crippen LogP contribution in [0.2, 0.25) is 0 Å². The van der Waals surface area contributed by atoms with Gasteiger partial charge in [-0.15, -0.1) is 24.0 Å². The van der Waals surface area contributed by atoms with Crippen LogP contribution in [-0.4, -0.2) is 59.1 Å². The van der Waals surface area contributed by atoms with E-state index >= 15 is 0 Å². The summed E-state index contributed by atoms with van der Waals surface area (Å²) < 4.78 is 25.0. The lowest BCUT2D eigenvalue weighted by Crippen LogP contribution is -2.38. The molecule has 1 heterocycles. The summed E-state index contributed by atoms with van der Waals surface area (Å²) in [6, 6.07) is 5.37. The zero-order valence-corrected chi connectivity index (χ0v) is 17.9. The van der Waals surface area contributed by atoms with Gasteiger partial charge in [0.1, 0.15) is 5.82 Å². The van der Waals surface area contributed by atoms with Gasteiger partial charge in [-0.2, -0.15) is 0 Å². The van der Waals surface area contributed by atoms with Crippen molar-refractivity contribution in [3.8, 4) is 0 Å². The minimum Gasteiger partial charge on any atom is -0.382 e. The van der Waals surface area contributed by atoms with Crippen molar-refractivity contribution in [1.29, 1.82) is 0 Å². The summed E-state index contributed by atoms with van der Waals surface area (Å²) in [7, 11) is 1.72. The third-order valence-electron chi connectivity index (χ3n) is 4.01. The molecule has 0 aliphatic carbocycles. The highest BCUT2D eigenvalue weighted by atomic mass is 127. The van der Waals surface area contributed by atoms with Crippen LogP contribution >= 0.6 is 24.0 Å². The fraction of sp³-hybridized carbons (Fsp3) is 0.611. The van der Waals surface area contributed by atoms with E-state index in [4.69, 9.17) is 9.47 Å². The standard InChI is InChI=1S/C18H29FN4O2.HI/c1-3-24-10-4-7-21-18(20-2)22-14-15-5-6-17(16(19)13-15)23-8-11-25-12-9-23;/h5-6,13H,3-4,7-12,14H2,1-2H3,(H2,20,21,22);1H. The summed E-state index contributed by atoms with van der Waals surface area (Å²) in [5.41, 5.74) is 1.53. The first-order valence-corrected chi connectivity index (χ1v) is 8.88. The Kier molecular flexibility index (Phi) is 11.5. The molecule has 1 aliphatic rings. The maximum absolute atomic E-state index is 14.4. The smallest absolute Gasteiger partial charge is 0.191 e. The molecule has 1 aliphatic heterocycles. The second-order valence-electron chi connectivity index (χ2n) is 5.79. The number of ether oxygens (including phenoxy) is 2. The van der Waals surface area contributed by atoms with E-state index in [-0.39, 0.29) is 29.8 Å². The minimum atomic E-state index is -0.194. The summed E-state index contributed by atoms with van der Waals surface area (Å²) in [5.74, 6) is 0.509. The third-order valence-corrected chi connectivity index (χ3v) is 4.01. The Labute approximate surface area is 172 Å². The van der Waals surface area contributed by atoms with Crippen molar-refractivity contribution >= 4 is 35.6 Å². The monoisotopic (exact) mass is 480 g/mol. The first-order chi connectivity index (χ1) is 12.2. The number of hydrogen-bond acceptors (Lipinski definition) is 4. The predicted molar refractivity (Wildman–Crippen MR) is 114 cm³/mol. The fourth-order valence-electron chi connectivity index (χ4n) is 2.65. The first kappa shape index (κ1) is 22.9. The average molecular weight is 480 g/mol. The van der Waals surface area contributed by atoms with Crippen LogP contribution in [0.3, 0.4) is 0 Å². The summed E-state index contributed by atoms with van der Waals surface area (Å²) in [6.07, 6.45) is 0.914. The molecule has 0 aromatic heterocycles. The molecule has 0 spiro atoms. The molecule has 6 nitrogen and oxygen atoms in total. The van der Waals surface area contributed by atoms with Gasteiger partial charge in [-0.05, 0) is 31.0 Å². The normalized spacial score (nSPS) is 14.7. The highest BCUT2D eigenvalue weighted by Gasteiger charge is 2.15. The van der Waals surface area contributed by atoms with Crippen molar-refractivity contribution in [2.45, 2.75) is 19.9 Å². The molecular weight excluding hydrogens is 450 g/mol. The molecule has 0 atom stereocenters. The Hall–Kier alpha value is -1.13. The lowest BCUT2D eigenvalue weighted by Gasteiger charge is -2.29. The number of nitrogens with one attached hydrogen (secondary N) is 2. The molecule has 148 valence electrons. The Balaban J connectivity index is 0.00000338. The molecule has 2 rings (SSSR count). The van der Waals surface area contributed by atoms with E-state index in [9.17, 15) is 4.39 Å². The van der Waals surface area contributed by atoms with Gasteiger partial charge in [0.15, 0.2) is 5.96 Å². The van der Waals surface area contributed by atoms with E-state index in [0.29, 0.717) is 31.4 Å². The van der Waals surface area contributed by atoms with Crippen LogP contribution in [0.15, 0.2) is 23.2 Å². The van der Waals surface area contributed by atoms with Gasteiger partial charge in [0.05, 0.1) is 18.9 Å². The van der Waals surface area contributed by atoms with Gasteiger partial charge in [-0.1, -0.05) is 6.07 Å². The summed E-state index contributed by atoms with van der Waals surface area (Å²) >= 11 is 0. The Morgan fingerprint density at radius 1 is 1.31 bits per heavy atom. The van der Waals surface area contributed by atoms with Crippen molar-refractivity contribution in [2.75, 3.05) is 58.0 Å². The maximum atomic E-state index is 14.4. The fourth-order valence-corrected chi connectivity index (χ4v) is 2.65. The van der Waals surface area contributed by atoms with Crippen molar-refractivity contribution in [3.05, 3.63) is 29.6 Å². The largest absolute Gasteiger partial charge is 0.382 e. The summed E-state index contributed by atoms with van der Waals surface area (Å²) in [5, 5.41) is 6.42. The predicted octanol–water partition coefficient (Wildman–Crippen LogP) is 2.37. The second kappa shape index (κ2) is 13.1. The van der Waals surface area contributed by atoms with Gasteiger partial charge in [0, 0.05) is 46.4 Å². The van der Waals surface area contributed by atoms with Crippen LogP contribution in [0.5, 0.6) is 0 Å². The van der Waals surface area contributed by atoms with Crippen molar-refractivity contribution < 1.29 is 13.9 Å². The van der Waals surface area contributed by atoms with Crippen molar-refractivity contribution in [1.82, 2.24) is 10.6 Å². The molecule has 26 heavy (non-hydrogen) atoms. The number of morpholine rings is 1. The summed E-state index contributed by atoms with van der Waals surface area (Å²) in [6.45, 7) is 7.50. The van der Waals surface area contributed by atoms with E-state index < -0.39 is 0 Å². The van der Waals surface area contributed by atoms with Crippen LogP contribution in [0.25, 0.3) is 0 Å². The number of aliphatic imine (C=N–C) groups is 1. The Bertz CT molecular complexity index is 554. The molecule has 1 fully saturated rings. The van der Waals surface area contributed by atoms with Crippen LogP contribution < -0.4 is 15.5 Å². The summed E-state index contributed by atoms with van der Waals surface area (Å²) in [4.78, 5) is 6.19. The highest BCUT2D eigenvalue weighted by molar-refractivity contribution is 14.0. The minimum absolute atomic E-state index is 0. The lowest BCUT2D eigenvalue weighted by molar-refractivity contribution is 0.122. The third kappa shape index (κ3) is 7.63. The van der Waals surface area contributed by atoms with E-state index in [2.05, 4.69) is 15.6 Å². The number of hydrogen-bond donors (Lipinski definition) is 2. The molecule has 1 aromatic carbocycles. The molecule has 0 unspecified atom stereocenters. The van der Waals surface area contributed by atoms with Crippen LogP contribution in [-0.2, 0) is 16.0 Å². The second-order valence-corrected chi connectivity index (χ2v) is 5.79. The zero-order chi connectivity index (χ0) is 17.9. The van der Waals surface area contributed by atoms with Gasteiger partial charge in [-0.3, -0.25) is 4.99 Å². The topological polar surface area (TPSA) is 58.1 Å². The quantitative estimate of drug-likeness (QED) is 0.259. The number of halogens is 2. The molecule has 1 aromatic rings. The van der Waals surface area contributed by atoms with Crippen LogP contribution in [0, 0.1) is 5.82 Å². The van der Waals surface area contributed by atoms with Crippen molar-refractivity contribution in [3.63, 3.8) is 0 Å². The zero-order valence-electron chi connectivity index (χ0n) is 15.6. The lowest BCUT2D eigenvalue weighted by atomic mass is 10.1. The number of rotatable bonds is 8. The molecule has 0 bridgehead atoms. The molecule has 0 saturated carbocycles. The SMILES string of the molecule is CCOCCCNC(=NC)NCc1ccc(N2CCOCC2)c(F)c1.I. The number of anilines is 1. The highest BCUT2D eigenvalue weighted by Crippen LogP contribution is 2.21. The van der Waals surface area contributed by atoms with Crippen molar-refractivity contribution in [2.24, 2.45) is 4.99 Å². The van der Waals surface area contributed by atoms with E-state index in [0.717, 1.165) is 44.8 Å². The average Bonchev–Trinajstić information content (AvgIpc) is 2.65. The van der Waals surface area contributed by atoms with Crippen LogP contribution in [0.1, 0.15) is 18.9 Å². The molecule has 1 saturated heterocycles.